The van der Waals surface area contributed by atoms with E-state index in [0.29, 0.717) is 17.0 Å². The lowest BCUT2D eigenvalue weighted by molar-refractivity contribution is -0.254. The number of benzene rings is 2. The van der Waals surface area contributed by atoms with Crippen LogP contribution in [-0.4, -0.2) is 76.2 Å². The van der Waals surface area contributed by atoms with Crippen LogP contribution in [0.5, 0.6) is 0 Å². The van der Waals surface area contributed by atoms with Crippen molar-refractivity contribution in [2.75, 3.05) is 11.9 Å². The van der Waals surface area contributed by atoms with Crippen LogP contribution >= 0.6 is 12.2 Å². The van der Waals surface area contributed by atoms with Crippen LogP contribution in [0.25, 0.3) is 22.5 Å². The van der Waals surface area contributed by atoms with Crippen molar-refractivity contribution in [2.24, 2.45) is 0 Å². The standard InChI is InChI=1S/C31H31FN4O9S/c1-16(37)41-15-25-26(42-17(2)38)27(43-18(3)39)28(44-19(4)40)29(45-25)35-31(46)36-30-33-23(20-8-6-5-7-9-20)14-24(34-30)21-10-12-22(32)13-11-21/h5-14,25-29H,15H2,1-4H3,(H2,33,34,35,36,46). The molecule has 2 aromatic carbocycles. The highest BCUT2D eigenvalue weighted by molar-refractivity contribution is 7.80. The van der Waals surface area contributed by atoms with Crippen molar-refractivity contribution in [1.82, 2.24) is 15.3 Å². The van der Waals surface area contributed by atoms with Crippen LogP contribution < -0.4 is 10.6 Å². The summed E-state index contributed by atoms with van der Waals surface area (Å²) in [6.07, 6.45) is -6.58. The van der Waals surface area contributed by atoms with Gasteiger partial charge in [-0.1, -0.05) is 30.3 Å². The molecule has 15 heteroatoms. The number of thiocarbonyl (C=S) groups is 1. The zero-order valence-corrected chi connectivity index (χ0v) is 26.0. The molecular formula is C31H31FN4O9S. The number of hydrogen-bond acceptors (Lipinski definition) is 12. The monoisotopic (exact) mass is 654 g/mol. The largest absolute Gasteiger partial charge is 0.463 e. The van der Waals surface area contributed by atoms with Gasteiger partial charge in [0, 0.05) is 38.8 Å². The molecule has 3 aromatic rings. The van der Waals surface area contributed by atoms with Crippen molar-refractivity contribution in [3.63, 3.8) is 0 Å². The summed E-state index contributed by atoms with van der Waals surface area (Å²) in [6, 6.07) is 16.8. The van der Waals surface area contributed by atoms with Gasteiger partial charge in [-0.3, -0.25) is 19.2 Å². The summed E-state index contributed by atoms with van der Waals surface area (Å²) in [5, 5.41) is 5.65. The maximum absolute atomic E-state index is 13.6. The molecule has 1 aliphatic rings. The van der Waals surface area contributed by atoms with Crippen LogP contribution in [0.3, 0.4) is 0 Å². The number of ether oxygens (including phenoxy) is 5. The van der Waals surface area contributed by atoms with Crippen LogP contribution in [0.1, 0.15) is 27.7 Å². The molecule has 1 aromatic heterocycles. The van der Waals surface area contributed by atoms with E-state index in [1.807, 2.05) is 30.3 Å². The Kier molecular flexibility index (Phi) is 11.3. The lowest BCUT2D eigenvalue weighted by Crippen LogP contribution is -2.66. The lowest BCUT2D eigenvalue weighted by Gasteiger charge is -2.44. The number of hydrogen-bond donors (Lipinski definition) is 2. The average molecular weight is 655 g/mol. The number of rotatable bonds is 9. The Balaban J connectivity index is 1.66. The van der Waals surface area contributed by atoms with Crippen molar-refractivity contribution in [1.29, 1.82) is 0 Å². The molecule has 242 valence electrons. The van der Waals surface area contributed by atoms with Gasteiger partial charge in [0.1, 0.15) is 18.5 Å². The topological polar surface area (TPSA) is 164 Å². The predicted octanol–water partition coefficient (Wildman–Crippen LogP) is 3.32. The Bertz CT molecular complexity index is 1590. The molecule has 5 unspecified atom stereocenters. The molecular weight excluding hydrogens is 623 g/mol. The molecule has 1 fully saturated rings. The van der Waals surface area contributed by atoms with Crippen LogP contribution in [-0.2, 0) is 42.9 Å². The highest BCUT2D eigenvalue weighted by atomic mass is 32.1. The number of halogens is 1. The molecule has 1 saturated heterocycles. The van der Waals surface area contributed by atoms with Crippen molar-refractivity contribution in [3.8, 4) is 22.5 Å². The fraction of sp³-hybridized carbons (Fsp3) is 0.323. The second-order valence-corrected chi connectivity index (χ2v) is 10.5. The van der Waals surface area contributed by atoms with Gasteiger partial charge in [0.15, 0.2) is 29.7 Å². The third kappa shape index (κ3) is 9.25. The van der Waals surface area contributed by atoms with Gasteiger partial charge >= 0.3 is 23.9 Å². The number of carbonyl (C=O) groups excluding carboxylic acids is 4. The van der Waals surface area contributed by atoms with Crippen LogP contribution in [0.2, 0.25) is 0 Å². The van der Waals surface area contributed by atoms with Crippen LogP contribution in [0.15, 0.2) is 60.7 Å². The lowest BCUT2D eigenvalue weighted by atomic mass is 9.97. The molecule has 2 heterocycles. The molecule has 0 amide bonds. The second-order valence-electron chi connectivity index (χ2n) is 10.1. The number of esters is 4. The molecule has 5 atom stereocenters. The normalized spacial score (nSPS) is 20.5. The number of nitrogens with one attached hydrogen (secondary N) is 2. The van der Waals surface area contributed by atoms with E-state index in [-0.39, 0.29) is 11.1 Å². The van der Waals surface area contributed by atoms with E-state index in [4.69, 9.17) is 35.9 Å². The molecule has 1 aliphatic heterocycles. The molecule has 46 heavy (non-hydrogen) atoms. The first kappa shape index (κ1) is 33.9. The first-order valence-electron chi connectivity index (χ1n) is 14.0. The summed E-state index contributed by atoms with van der Waals surface area (Å²) in [5.74, 6) is -3.29. The Labute approximate surface area is 268 Å². The van der Waals surface area contributed by atoms with Crippen LogP contribution in [0.4, 0.5) is 10.3 Å². The fourth-order valence-corrected chi connectivity index (χ4v) is 4.85. The van der Waals surface area contributed by atoms with E-state index in [0.717, 1.165) is 26.3 Å². The molecule has 2 N–H and O–H groups in total. The minimum absolute atomic E-state index is 0.0591. The van der Waals surface area contributed by atoms with E-state index < -0.39 is 66.9 Å². The maximum atomic E-state index is 13.6. The van der Waals surface area contributed by atoms with E-state index in [2.05, 4.69) is 20.6 Å². The highest BCUT2D eigenvalue weighted by Gasteiger charge is 2.52. The third-order valence-corrected chi connectivity index (χ3v) is 6.65. The zero-order valence-electron chi connectivity index (χ0n) is 25.2. The van der Waals surface area contributed by atoms with Gasteiger partial charge in [0.05, 0.1) is 11.4 Å². The average Bonchev–Trinajstić information content (AvgIpc) is 2.99. The predicted molar refractivity (Wildman–Crippen MR) is 164 cm³/mol. The molecule has 0 radical (unpaired) electrons. The van der Waals surface area contributed by atoms with E-state index in [1.165, 1.54) is 19.1 Å². The number of nitrogens with zero attached hydrogens (tertiary/aromatic N) is 2. The number of aromatic nitrogens is 2. The summed E-state index contributed by atoms with van der Waals surface area (Å²) >= 11 is 5.54. The summed E-state index contributed by atoms with van der Waals surface area (Å²) in [4.78, 5) is 57.0. The number of anilines is 1. The first-order chi connectivity index (χ1) is 21.9. The van der Waals surface area contributed by atoms with Gasteiger partial charge in [0.25, 0.3) is 0 Å². The van der Waals surface area contributed by atoms with Crippen molar-refractivity contribution >= 4 is 47.2 Å². The second kappa shape index (κ2) is 15.3. The van der Waals surface area contributed by atoms with Gasteiger partial charge in [-0.05, 0) is 42.5 Å². The van der Waals surface area contributed by atoms with Gasteiger partial charge in [-0.25, -0.2) is 14.4 Å². The molecule has 0 saturated carbocycles. The van der Waals surface area contributed by atoms with Crippen molar-refractivity contribution in [3.05, 3.63) is 66.5 Å². The SMILES string of the molecule is CC(=O)OCC1OC(NC(=S)Nc2nc(-c3ccccc3)cc(-c3ccc(F)cc3)n2)C(OC(C)=O)C(OC(C)=O)C1OC(C)=O. The van der Waals surface area contributed by atoms with E-state index in [9.17, 15) is 23.6 Å². The fourth-order valence-electron chi connectivity index (χ4n) is 4.64. The molecule has 0 bridgehead atoms. The molecule has 4 rings (SSSR count). The van der Waals surface area contributed by atoms with Gasteiger partial charge < -0.3 is 34.3 Å². The maximum Gasteiger partial charge on any atom is 0.303 e. The third-order valence-electron chi connectivity index (χ3n) is 6.43. The number of carbonyl (C=O) groups is 4. The van der Waals surface area contributed by atoms with E-state index in [1.54, 1.807) is 18.2 Å². The summed E-state index contributed by atoms with van der Waals surface area (Å²) < 4.78 is 41.1. The van der Waals surface area contributed by atoms with Crippen molar-refractivity contribution < 1.29 is 47.3 Å². The van der Waals surface area contributed by atoms with Crippen LogP contribution in [0, 0.1) is 5.82 Å². The summed E-state index contributed by atoms with van der Waals surface area (Å²) in [5.41, 5.74) is 2.39. The van der Waals surface area contributed by atoms with Crippen molar-refractivity contribution in [2.45, 2.75) is 58.3 Å². The summed E-state index contributed by atoms with van der Waals surface area (Å²) in [6.45, 7) is 4.15. The Morgan fingerprint density at radius 2 is 1.33 bits per heavy atom. The quantitative estimate of drug-likeness (QED) is 0.196. The van der Waals surface area contributed by atoms with E-state index >= 15 is 0 Å². The molecule has 0 spiro atoms. The zero-order chi connectivity index (χ0) is 33.4. The minimum Gasteiger partial charge on any atom is -0.463 e. The van der Waals surface area contributed by atoms with Gasteiger partial charge in [-0.2, -0.15) is 0 Å². The summed E-state index contributed by atoms with van der Waals surface area (Å²) in [7, 11) is 0. The Hall–Kier alpha value is -5.02. The molecule has 0 aliphatic carbocycles. The minimum atomic E-state index is -1.39. The Morgan fingerprint density at radius 1 is 0.783 bits per heavy atom. The van der Waals surface area contributed by atoms with Gasteiger partial charge in [-0.15, -0.1) is 0 Å². The highest BCUT2D eigenvalue weighted by Crippen LogP contribution is 2.29. The van der Waals surface area contributed by atoms with Gasteiger partial charge in [0.2, 0.25) is 5.95 Å². The Morgan fingerprint density at radius 3 is 1.89 bits per heavy atom. The first-order valence-corrected chi connectivity index (χ1v) is 14.4. The smallest absolute Gasteiger partial charge is 0.303 e. The molecule has 13 nitrogen and oxygen atoms in total.